The average Bonchev–Trinajstić information content (AvgIpc) is 2.48. The molecular formula is C17H24FNO2. The van der Waals surface area contributed by atoms with Gasteiger partial charge in [0.15, 0.2) is 0 Å². The Hall–Kier alpha value is -1.42. The smallest absolute Gasteiger partial charge is 0.308 e. The number of carbonyl (C=O) groups excluding carboxylic acids is 1. The van der Waals surface area contributed by atoms with Crippen LogP contribution in [-0.4, -0.2) is 30.6 Å². The molecule has 0 N–H and O–H groups in total. The maximum absolute atomic E-state index is 14.3. The van der Waals surface area contributed by atoms with Gasteiger partial charge in [0.05, 0.1) is 18.6 Å². The molecule has 21 heavy (non-hydrogen) atoms. The molecule has 0 amide bonds. The van der Waals surface area contributed by atoms with Crippen molar-refractivity contribution >= 4 is 5.97 Å². The number of halogens is 1. The summed E-state index contributed by atoms with van der Waals surface area (Å²) in [6.07, 6.45) is 3.56. The Bertz CT molecular complexity index is 485. The van der Waals surface area contributed by atoms with Crippen LogP contribution in [0.25, 0.3) is 0 Å². The minimum absolute atomic E-state index is 0.182. The first kappa shape index (κ1) is 16.0. The van der Waals surface area contributed by atoms with Gasteiger partial charge in [0, 0.05) is 5.56 Å². The third-order valence-corrected chi connectivity index (χ3v) is 4.30. The summed E-state index contributed by atoms with van der Waals surface area (Å²) < 4.78 is 19.4. The standard InChI is InChI=1S/C17H24FNO2/c1-3-21-16(20)13-17(2,19-11-7-4-8-12-19)14-9-5-6-10-15(14)18/h5-6,9-10H,3-4,7-8,11-13H2,1-2H3. The topological polar surface area (TPSA) is 29.5 Å². The fraction of sp³-hybridized carbons (Fsp3) is 0.588. The van der Waals surface area contributed by atoms with Crippen LogP contribution in [0.4, 0.5) is 4.39 Å². The van der Waals surface area contributed by atoms with E-state index in [-0.39, 0.29) is 18.2 Å². The van der Waals surface area contributed by atoms with Crippen molar-refractivity contribution in [2.45, 2.75) is 45.1 Å². The van der Waals surface area contributed by atoms with Crippen molar-refractivity contribution in [3.8, 4) is 0 Å². The van der Waals surface area contributed by atoms with Gasteiger partial charge < -0.3 is 4.74 Å². The van der Waals surface area contributed by atoms with Crippen molar-refractivity contribution in [3.05, 3.63) is 35.6 Å². The number of piperidine rings is 1. The molecule has 1 saturated heterocycles. The SMILES string of the molecule is CCOC(=O)CC(C)(c1ccccc1F)N1CCCCC1. The zero-order valence-electron chi connectivity index (χ0n) is 12.9. The Kier molecular flexibility index (Phi) is 5.34. The molecule has 1 aliphatic rings. The number of carbonyl (C=O) groups is 1. The Morgan fingerprint density at radius 1 is 1.29 bits per heavy atom. The molecule has 1 aromatic carbocycles. The van der Waals surface area contributed by atoms with Crippen molar-refractivity contribution in [1.82, 2.24) is 4.90 Å². The average molecular weight is 293 g/mol. The van der Waals surface area contributed by atoms with Crippen LogP contribution in [0.5, 0.6) is 0 Å². The van der Waals surface area contributed by atoms with E-state index in [2.05, 4.69) is 4.90 Å². The normalized spacial score (nSPS) is 19.0. The maximum Gasteiger partial charge on any atom is 0.308 e. The number of rotatable bonds is 5. The van der Waals surface area contributed by atoms with Crippen molar-refractivity contribution in [2.75, 3.05) is 19.7 Å². The summed E-state index contributed by atoms with van der Waals surface area (Å²) in [7, 11) is 0. The number of nitrogens with zero attached hydrogens (tertiary/aromatic N) is 1. The van der Waals surface area contributed by atoms with E-state index in [4.69, 9.17) is 4.74 Å². The zero-order chi connectivity index (χ0) is 15.3. The third-order valence-electron chi connectivity index (χ3n) is 4.30. The highest BCUT2D eigenvalue weighted by Gasteiger charge is 2.38. The van der Waals surface area contributed by atoms with Crippen molar-refractivity contribution < 1.29 is 13.9 Å². The van der Waals surface area contributed by atoms with Gasteiger partial charge >= 0.3 is 5.97 Å². The second kappa shape index (κ2) is 7.03. The highest BCUT2D eigenvalue weighted by Crippen LogP contribution is 2.36. The molecule has 2 rings (SSSR count). The van der Waals surface area contributed by atoms with Gasteiger partial charge in [-0.2, -0.15) is 0 Å². The van der Waals surface area contributed by atoms with Crippen molar-refractivity contribution in [1.29, 1.82) is 0 Å². The molecular weight excluding hydrogens is 269 g/mol. The fourth-order valence-electron chi connectivity index (χ4n) is 3.16. The quantitative estimate of drug-likeness (QED) is 0.778. The third kappa shape index (κ3) is 3.62. The highest BCUT2D eigenvalue weighted by atomic mass is 19.1. The molecule has 0 bridgehead atoms. The van der Waals surface area contributed by atoms with Crippen LogP contribution < -0.4 is 0 Å². The summed E-state index contributed by atoms with van der Waals surface area (Å²) >= 11 is 0. The summed E-state index contributed by atoms with van der Waals surface area (Å²) in [5.74, 6) is -0.524. The maximum atomic E-state index is 14.3. The first-order chi connectivity index (χ1) is 10.1. The number of esters is 1. The van der Waals surface area contributed by atoms with E-state index >= 15 is 0 Å². The Balaban J connectivity index is 2.33. The molecule has 0 aliphatic carbocycles. The lowest BCUT2D eigenvalue weighted by Gasteiger charge is -2.43. The Morgan fingerprint density at radius 2 is 1.95 bits per heavy atom. The van der Waals surface area contributed by atoms with Crippen LogP contribution in [0.1, 0.15) is 45.1 Å². The van der Waals surface area contributed by atoms with Gasteiger partial charge in [-0.05, 0) is 45.8 Å². The molecule has 116 valence electrons. The summed E-state index contributed by atoms with van der Waals surface area (Å²) in [6, 6.07) is 6.75. The molecule has 1 heterocycles. The number of ether oxygens (including phenoxy) is 1. The van der Waals surface area contributed by atoms with Gasteiger partial charge in [-0.1, -0.05) is 24.6 Å². The molecule has 1 atom stereocenters. The molecule has 1 fully saturated rings. The van der Waals surface area contributed by atoms with E-state index in [1.807, 2.05) is 13.0 Å². The first-order valence-corrected chi connectivity index (χ1v) is 7.73. The largest absolute Gasteiger partial charge is 0.466 e. The fourth-order valence-corrected chi connectivity index (χ4v) is 3.16. The lowest BCUT2D eigenvalue weighted by atomic mass is 9.84. The van der Waals surface area contributed by atoms with Gasteiger partial charge in [-0.15, -0.1) is 0 Å². The van der Waals surface area contributed by atoms with Crippen molar-refractivity contribution in [3.63, 3.8) is 0 Å². The van der Waals surface area contributed by atoms with E-state index in [1.165, 1.54) is 12.5 Å². The molecule has 1 aliphatic heterocycles. The number of benzene rings is 1. The van der Waals surface area contributed by atoms with Gasteiger partial charge in [0.1, 0.15) is 5.82 Å². The summed E-state index contributed by atoms with van der Waals surface area (Å²) in [5.41, 5.74) is -0.0576. The van der Waals surface area contributed by atoms with Crippen molar-refractivity contribution in [2.24, 2.45) is 0 Å². The molecule has 1 aromatic rings. The van der Waals surface area contributed by atoms with Gasteiger partial charge in [-0.3, -0.25) is 9.69 Å². The lowest BCUT2D eigenvalue weighted by Crippen LogP contribution is -2.48. The first-order valence-electron chi connectivity index (χ1n) is 7.73. The second-order valence-corrected chi connectivity index (χ2v) is 5.78. The van der Waals surface area contributed by atoms with Crippen LogP contribution in [0.3, 0.4) is 0 Å². The van der Waals surface area contributed by atoms with Gasteiger partial charge in [-0.25, -0.2) is 4.39 Å². The van der Waals surface area contributed by atoms with Crippen LogP contribution in [0.15, 0.2) is 24.3 Å². The van der Waals surface area contributed by atoms with Crippen LogP contribution in [0.2, 0.25) is 0 Å². The molecule has 0 radical (unpaired) electrons. The van der Waals surface area contributed by atoms with E-state index in [0.29, 0.717) is 12.2 Å². The second-order valence-electron chi connectivity index (χ2n) is 5.78. The predicted octanol–water partition coefficient (Wildman–Crippen LogP) is 3.48. The van der Waals surface area contributed by atoms with E-state index in [0.717, 1.165) is 25.9 Å². The minimum Gasteiger partial charge on any atom is -0.466 e. The van der Waals surface area contributed by atoms with Crippen LogP contribution in [0, 0.1) is 5.82 Å². The predicted molar refractivity (Wildman–Crippen MR) is 80.4 cm³/mol. The van der Waals surface area contributed by atoms with E-state index in [9.17, 15) is 9.18 Å². The number of hydrogen-bond donors (Lipinski definition) is 0. The number of likely N-dealkylation sites (tertiary alicyclic amines) is 1. The molecule has 3 nitrogen and oxygen atoms in total. The Morgan fingerprint density at radius 3 is 2.57 bits per heavy atom. The zero-order valence-corrected chi connectivity index (χ0v) is 12.9. The van der Waals surface area contributed by atoms with Gasteiger partial charge in [0.2, 0.25) is 0 Å². The summed E-state index contributed by atoms with van der Waals surface area (Å²) in [5, 5.41) is 0. The molecule has 1 unspecified atom stereocenters. The molecule has 4 heteroatoms. The van der Waals surface area contributed by atoms with E-state index < -0.39 is 5.54 Å². The summed E-state index contributed by atoms with van der Waals surface area (Å²) in [6.45, 7) is 5.88. The molecule has 0 aromatic heterocycles. The lowest BCUT2D eigenvalue weighted by molar-refractivity contribution is -0.147. The molecule has 0 saturated carbocycles. The van der Waals surface area contributed by atoms with E-state index in [1.54, 1.807) is 19.1 Å². The highest BCUT2D eigenvalue weighted by molar-refractivity contribution is 5.71. The number of hydrogen-bond acceptors (Lipinski definition) is 3. The summed E-state index contributed by atoms with van der Waals surface area (Å²) in [4.78, 5) is 14.2. The van der Waals surface area contributed by atoms with Crippen LogP contribution >= 0.6 is 0 Å². The van der Waals surface area contributed by atoms with Gasteiger partial charge in [0.25, 0.3) is 0 Å². The van der Waals surface area contributed by atoms with Crippen LogP contribution in [-0.2, 0) is 15.1 Å². The Labute approximate surface area is 126 Å². The monoisotopic (exact) mass is 293 g/mol. The minimum atomic E-state index is -0.641. The molecule has 0 spiro atoms.